The Kier molecular flexibility index (Phi) is 7.14. The third kappa shape index (κ3) is 4.94. The molecule has 1 aliphatic carbocycles. The lowest BCUT2D eigenvalue weighted by atomic mass is 9.81. The van der Waals surface area contributed by atoms with E-state index in [1.54, 1.807) is 0 Å². The van der Waals surface area contributed by atoms with E-state index in [0.29, 0.717) is 6.04 Å². The Morgan fingerprint density at radius 1 is 1.00 bits per heavy atom. The van der Waals surface area contributed by atoms with Crippen molar-refractivity contribution in [2.45, 2.75) is 70.8 Å². The van der Waals surface area contributed by atoms with Crippen LogP contribution in [0.4, 0.5) is 0 Å². The molecule has 1 nitrogen and oxygen atoms in total. The SMILES string of the molecule is CCCCCCNC(c1ccccc1)C1CCCCC1. The first-order valence-corrected chi connectivity index (χ1v) is 8.70. The maximum absolute atomic E-state index is 3.86. The van der Waals surface area contributed by atoms with E-state index in [4.69, 9.17) is 0 Å². The zero-order valence-corrected chi connectivity index (χ0v) is 13.1. The van der Waals surface area contributed by atoms with Gasteiger partial charge in [0, 0.05) is 6.04 Å². The van der Waals surface area contributed by atoms with Gasteiger partial charge in [0.2, 0.25) is 0 Å². The fraction of sp³-hybridized carbons (Fsp3) is 0.684. The van der Waals surface area contributed by atoms with Crippen LogP contribution < -0.4 is 5.32 Å². The molecule has 1 saturated carbocycles. The second-order valence-corrected chi connectivity index (χ2v) is 6.30. The number of hydrogen-bond acceptors (Lipinski definition) is 1. The summed E-state index contributed by atoms with van der Waals surface area (Å²) < 4.78 is 0. The zero-order chi connectivity index (χ0) is 14.0. The Morgan fingerprint density at radius 3 is 2.45 bits per heavy atom. The Balaban J connectivity index is 1.90. The summed E-state index contributed by atoms with van der Waals surface area (Å²) in [5.74, 6) is 0.845. The molecule has 1 atom stereocenters. The molecule has 1 aromatic rings. The van der Waals surface area contributed by atoms with Crippen molar-refractivity contribution in [3.05, 3.63) is 35.9 Å². The predicted molar refractivity (Wildman–Crippen MR) is 87.9 cm³/mol. The summed E-state index contributed by atoms with van der Waals surface area (Å²) in [6, 6.07) is 11.7. The highest BCUT2D eigenvalue weighted by atomic mass is 14.9. The smallest absolute Gasteiger partial charge is 0.0348 e. The minimum absolute atomic E-state index is 0.582. The van der Waals surface area contributed by atoms with Crippen LogP contribution in [0.25, 0.3) is 0 Å². The summed E-state index contributed by atoms with van der Waals surface area (Å²) >= 11 is 0. The Bertz CT molecular complexity index is 340. The van der Waals surface area contributed by atoms with Gasteiger partial charge >= 0.3 is 0 Å². The molecule has 1 heteroatoms. The molecule has 0 saturated heterocycles. The van der Waals surface area contributed by atoms with Crippen LogP contribution in [0.3, 0.4) is 0 Å². The van der Waals surface area contributed by atoms with Gasteiger partial charge in [-0.1, -0.05) is 75.8 Å². The van der Waals surface area contributed by atoms with E-state index in [1.165, 1.54) is 69.9 Å². The lowest BCUT2D eigenvalue weighted by molar-refractivity contribution is 0.270. The second-order valence-electron chi connectivity index (χ2n) is 6.30. The van der Waals surface area contributed by atoms with Crippen LogP contribution in [0.5, 0.6) is 0 Å². The lowest BCUT2D eigenvalue weighted by Crippen LogP contribution is -2.30. The van der Waals surface area contributed by atoms with Gasteiger partial charge < -0.3 is 5.32 Å². The molecule has 1 unspecified atom stereocenters. The average molecular weight is 273 g/mol. The van der Waals surface area contributed by atoms with E-state index < -0.39 is 0 Å². The highest BCUT2D eigenvalue weighted by Crippen LogP contribution is 2.34. The molecule has 1 N–H and O–H groups in total. The highest BCUT2D eigenvalue weighted by Gasteiger charge is 2.24. The van der Waals surface area contributed by atoms with Gasteiger partial charge in [0.1, 0.15) is 0 Å². The van der Waals surface area contributed by atoms with Crippen molar-refractivity contribution >= 4 is 0 Å². The number of benzene rings is 1. The summed E-state index contributed by atoms with van der Waals surface area (Å²) in [6.45, 7) is 3.46. The topological polar surface area (TPSA) is 12.0 Å². The van der Waals surface area contributed by atoms with Crippen molar-refractivity contribution in [2.75, 3.05) is 6.54 Å². The van der Waals surface area contributed by atoms with Crippen molar-refractivity contribution in [3.63, 3.8) is 0 Å². The standard InChI is InChI=1S/C19H31N/c1-2-3-4-11-16-20-19(17-12-7-5-8-13-17)18-14-9-6-10-15-18/h5,7-8,12-13,18-20H,2-4,6,9-11,14-16H2,1H3. The van der Waals surface area contributed by atoms with Gasteiger partial charge in [0.05, 0.1) is 0 Å². The molecule has 1 fully saturated rings. The maximum atomic E-state index is 3.86. The molecular weight excluding hydrogens is 242 g/mol. The first-order valence-electron chi connectivity index (χ1n) is 8.70. The number of hydrogen-bond donors (Lipinski definition) is 1. The zero-order valence-electron chi connectivity index (χ0n) is 13.1. The molecule has 1 aliphatic rings. The Labute approximate surface area is 125 Å². The Hall–Kier alpha value is -0.820. The molecule has 112 valence electrons. The summed E-state index contributed by atoms with van der Waals surface area (Å²) in [4.78, 5) is 0. The van der Waals surface area contributed by atoms with Gasteiger partial charge in [-0.05, 0) is 37.3 Å². The molecule has 0 radical (unpaired) electrons. The third-order valence-corrected chi connectivity index (χ3v) is 4.67. The van der Waals surface area contributed by atoms with Crippen molar-refractivity contribution < 1.29 is 0 Å². The first-order chi connectivity index (χ1) is 9.92. The van der Waals surface area contributed by atoms with Crippen LogP contribution in [-0.2, 0) is 0 Å². The summed E-state index contributed by atoms with van der Waals surface area (Å²) in [6.07, 6.45) is 12.5. The summed E-state index contributed by atoms with van der Waals surface area (Å²) in [7, 11) is 0. The fourth-order valence-electron chi connectivity index (χ4n) is 3.49. The first kappa shape index (κ1) is 15.6. The van der Waals surface area contributed by atoms with Gasteiger partial charge in [-0.2, -0.15) is 0 Å². The van der Waals surface area contributed by atoms with E-state index in [2.05, 4.69) is 42.6 Å². The largest absolute Gasteiger partial charge is 0.310 e. The van der Waals surface area contributed by atoms with Crippen LogP contribution in [0.2, 0.25) is 0 Å². The monoisotopic (exact) mass is 273 g/mol. The molecule has 0 amide bonds. The molecule has 1 aromatic carbocycles. The summed E-state index contributed by atoms with van der Waals surface area (Å²) in [5.41, 5.74) is 1.50. The normalized spacial score (nSPS) is 18.1. The van der Waals surface area contributed by atoms with E-state index in [1.807, 2.05) is 0 Å². The molecular formula is C19H31N. The van der Waals surface area contributed by atoms with E-state index in [9.17, 15) is 0 Å². The molecule has 0 spiro atoms. The fourth-order valence-corrected chi connectivity index (χ4v) is 3.49. The van der Waals surface area contributed by atoms with Crippen LogP contribution in [0, 0.1) is 5.92 Å². The van der Waals surface area contributed by atoms with Gasteiger partial charge in [0.15, 0.2) is 0 Å². The quantitative estimate of drug-likeness (QED) is 0.619. The van der Waals surface area contributed by atoms with Crippen molar-refractivity contribution in [3.8, 4) is 0 Å². The molecule has 20 heavy (non-hydrogen) atoms. The van der Waals surface area contributed by atoms with Gasteiger partial charge in [0.25, 0.3) is 0 Å². The molecule has 2 rings (SSSR count). The van der Waals surface area contributed by atoms with Crippen LogP contribution in [0.15, 0.2) is 30.3 Å². The highest BCUT2D eigenvalue weighted by molar-refractivity contribution is 5.19. The molecule has 0 aromatic heterocycles. The van der Waals surface area contributed by atoms with Crippen LogP contribution >= 0.6 is 0 Å². The third-order valence-electron chi connectivity index (χ3n) is 4.67. The number of unbranched alkanes of at least 4 members (excludes halogenated alkanes) is 3. The second kappa shape index (κ2) is 9.18. The Morgan fingerprint density at radius 2 is 1.75 bits per heavy atom. The summed E-state index contributed by atoms with van der Waals surface area (Å²) in [5, 5.41) is 3.86. The van der Waals surface area contributed by atoms with E-state index in [0.717, 1.165) is 5.92 Å². The molecule has 0 bridgehead atoms. The number of rotatable bonds is 8. The van der Waals surface area contributed by atoms with Crippen molar-refractivity contribution in [1.82, 2.24) is 5.32 Å². The van der Waals surface area contributed by atoms with Crippen LogP contribution in [-0.4, -0.2) is 6.54 Å². The van der Waals surface area contributed by atoms with Crippen LogP contribution in [0.1, 0.15) is 76.3 Å². The van der Waals surface area contributed by atoms with E-state index >= 15 is 0 Å². The van der Waals surface area contributed by atoms with Gasteiger partial charge in [-0.25, -0.2) is 0 Å². The number of nitrogens with one attached hydrogen (secondary N) is 1. The van der Waals surface area contributed by atoms with Crippen molar-refractivity contribution in [1.29, 1.82) is 0 Å². The van der Waals surface area contributed by atoms with Crippen molar-refractivity contribution in [2.24, 2.45) is 5.92 Å². The minimum Gasteiger partial charge on any atom is -0.310 e. The molecule has 0 aliphatic heterocycles. The maximum Gasteiger partial charge on any atom is 0.0348 e. The van der Waals surface area contributed by atoms with Gasteiger partial charge in [-0.15, -0.1) is 0 Å². The predicted octanol–water partition coefficient (Wildman–Crippen LogP) is 5.48. The van der Waals surface area contributed by atoms with Gasteiger partial charge in [-0.3, -0.25) is 0 Å². The minimum atomic E-state index is 0.582. The molecule has 0 heterocycles. The van der Waals surface area contributed by atoms with E-state index in [-0.39, 0.29) is 0 Å². The lowest BCUT2D eigenvalue weighted by Gasteiger charge is -2.31. The average Bonchev–Trinajstić information content (AvgIpc) is 2.53.